The van der Waals surface area contributed by atoms with Crippen molar-refractivity contribution in [2.45, 2.75) is 26.7 Å². The highest BCUT2D eigenvalue weighted by Crippen LogP contribution is 2.02. The predicted molar refractivity (Wildman–Crippen MR) is 69.0 cm³/mol. The first kappa shape index (κ1) is 15.6. The molecule has 96 valence electrons. The van der Waals surface area contributed by atoms with Crippen molar-refractivity contribution in [1.82, 2.24) is 9.62 Å². The van der Waals surface area contributed by atoms with Gasteiger partial charge >= 0.3 is 0 Å². The van der Waals surface area contributed by atoms with E-state index in [1.54, 1.807) is 6.08 Å². The number of hydrogen-bond acceptors (Lipinski definition) is 3. The van der Waals surface area contributed by atoms with Crippen LogP contribution < -0.4 is 5.32 Å². The molecule has 0 heterocycles. The summed E-state index contributed by atoms with van der Waals surface area (Å²) in [6, 6.07) is 0. The summed E-state index contributed by atoms with van der Waals surface area (Å²) in [4.78, 5) is 0. The summed E-state index contributed by atoms with van der Waals surface area (Å²) in [6.07, 6.45) is 3.36. The van der Waals surface area contributed by atoms with Crippen molar-refractivity contribution in [2.24, 2.45) is 0 Å². The summed E-state index contributed by atoms with van der Waals surface area (Å²) in [5, 5.41) is 3.19. The van der Waals surface area contributed by atoms with Crippen LogP contribution in [-0.4, -0.2) is 44.7 Å². The molecule has 0 radical (unpaired) electrons. The minimum absolute atomic E-state index is 0.214. The third kappa shape index (κ3) is 6.25. The lowest BCUT2D eigenvalue weighted by Crippen LogP contribution is -2.34. The molecule has 0 saturated carbocycles. The molecule has 0 saturated heterocycles. The van der Waals surface area contributed by atoms with Crippen LogP contribution in [0.15, 0.2) is 12.7 Å². The van der Waals surface area contributed by atoms with Crippen molar-refractivity contribution in [1.29, 1.82) is 0 Å². The summed E-state index contributed by atoms with van der Waals surface area (Å²) < 4.78 is 25.1. The summed E-state index contributed by atoms with van der Waals surface area (Å²) in [5.41, 5.74) is 0. The molecule has 0 aliphatic carbocycles. The second-order valence-corrected chi connectivity index (χ2v) is 5.75. The summed E-state index contributed by atoms with van der Waals surface area (Å²) in [6.45, 7) is 10.1. The van der Waals surface area contributed by atoms with Crippen LogP contribution in [0.25, 0.3) is 0 Å². The fourth-order valence-electron chi connectivity index (χ4n) is 1.39. The first-order valence-corrected chi connectivity index (χ1v) is 7.48. The van der Waals surface area contributed by atoms with E-state index in [1.165, 1.54) is 4.31 Å². The molecular weight excluding hydrogens is 224 g/mol. The van der Waals surface area contributed by atoms with E-state index in [4.69, 9.17) is 0 Å². The Balaban J connectivity index is 3.97. The average Bonchev–Trinajstić information content (AvgIpc) is 2.25. The van der Waals surface area contributed by atoms with Crippen molar-refractivity contribution in [3.8, 4) is 0 Å². The van der Waals surface area contributed by atoms with E-state index >= 15 is 0 Å². The van der Waals surface area contributed by atoms with Crippen LogP contribution in [0.1, 0.15) is 26.7 Å². The number of nitrogens with one attached hydrogen (secondary N) is 1. The van der Waals surface area contributed by atoms with Gasteiger partial charge in [-0.3, -0.25) is 0 Å². The van der Waals surface area contributed by atoms with E-state index in [1.807, 2.05) is 6.92 Å². The highest BCUT2D eigenvalue weighted by atomic mass is 32.2. The van der Waals surface area contributed by atoms with Crippen molar-refractivity contribution in [3.63, 3.8) is 0 Å². The highest BCUT2D eigenvalue weighted by molar-refractivity contribution is 7.89. The molecular formula is C11H24N2O2S. The Morgan fingerprint density at radius 3 is 2.50 bits per heavy atom. The first-order valence-electron chi connectivity index (χ1n) is 5.87. The molecule has 0 bridgehead atoms. The Labute approximate surface area is 99.8 Å². The molecule has 4 nitrogen and oxygen atoms in total. The van der Waals surface area contributed by atoms with Gasteiger partial charge in [-0.05, 0) is 25.9 Å². The van der Waals surface area contributed by atoms with Gasteiger partial charge in [0.05, 0.1) is 5.75 Å². The Morgan fingerprint density at radius 1 is 1.31 bits per heavy atom. The van der Waals surface area contributed by atoms with Crippen molar-refractivity contribution >= 4 is 10.0 Å². The molecule has 16 heavy (non-hydrogen) atoms. The zero-order valence-electron chi connectivity index (χ0n) is 10.4. The summed E-state index contributed by atoms with van der Waals surface area (Å²) in [5.74, 6) is 0.214. The Morgan fingerprint density at radius 2 is 2.00 bits per heavy atom. The van der Waals surface area contributed by atoms with Crippen LogP contribution in [0.5, 0.6) is 0 Å². The Hall–Kier alpha value is -0.390. The van der Waals surface area contributed by atoms with Gasteiger partial charge in [0, 0.05) is 13.1 Å². The third-order valence-electron chi connectivity index (χ3n) is 2.26. The van der Waals surface area contributed by atoms with Crippen molar-refractivity contribution in [3.05, 3.63) is 12.7 Å². The molecule has 0 fully saturated rings. The van der Waals surface area contributed by atoms with Gasteiger partial charge in [0.25, 0.3) is 0 Å². The number of rotatable bonds is 10. The van der Waals surface area contributed by atoms with Gasteiger partial charge in [0.2, 0.25) is 10.0 Å². The zero-order valence-corrected chi connectivity index (χ0v) is 11.2. The fourth-order valence-corrected chi connectivity index (χ4v) is 2.89. The molecule has 0 amide bonds. The van der Waals surface area contributed by atoms with E-state index < -0.39 is 10.0 Å². The smallest absolute Gasteiger partial charge is 0.214 e. The van der Waals surface area contributed by atoms with Crippen LogP contribution in [0.3, 0.4) is 0 Å². The van der Waals surface area contributed by atoms with Crippen LogP contribution in [0.2, 0.25) is 0 Å². The van der Waals surface area contributed by atoms with Gasteiger partial charge in [-0.15, -0.1) is 6.58 Å². The van der Waals surface area contributed by atoms with E-state index in [0.29, 0.717) is 19.5 Å². The molecule has 1 N–H and O–H groups in total. The molecule has 0 spiro atoms. The second kappa shape index (κ2) is 8.73. The minimum Gasteiger partial charge on any atom is -0.317 e. The first-order chi connectivity index (χ1) is 7.58. The molecule has 0 rings (SSSR count). The zero-order chi connectivity index (χ0) is 12.4. The molecule has 5 heteroatoms. The van der Waals surface area contributed by atoms with Crippen LogP contribution >= 0.6 is 0 Å². The normalized spacial score (nSPS) is 11.9. The van der Waals surface area contributed by atoms with Gasteiger partial charge in [-0.1, -0.05) is 19.9 Å². The van der Waals surface area contributed by atoms with Crippen molar-refractivity contribution in [2.75, 3.05) is 31.9 Å². The van der Waals surface area contributed by atoms with Crippen LogP contribution in [-0.2, 0) is 10.0 Å². The maximum Gasteiger partial charge on any atom is 0.214 e. The van der Waals surface area contributed by atoms with Crippen LogP contribution in [0, 0.1) is 0 Å². The molecule has 0 aromatic heterocycles. The maximum absolute atomic E-state index is 11.8. The van der Waals surface area contributed by atoms with Gasteiger partial charge < -0.3 is 5.32 Å². The number of hydrogen-bond donors (Lipinski definition) is 1. The van der Waals surface area contributed by atoms with Crippen LogP contribution in [0.4, 0.5) is 0 Å². The van der Waals surface area contributed by atoms with E-state index in [9.17, 15) is 8.42 Å². The molecule has 0 aromatic carbocycles. The fraction of sp³-hybridized carbons (Fsp3) is 0.818. The summed E-state index contributed by atoms with van der Waals surface area (Å²) in [7, 11) is -3.10. The monoisotopic (exact) mass is 248 g/mol. The number of nitrogens with zero attached hydrogens (tertiary/aromatic N) is 1. The lowest BCUT2D eigenvalue weighted by molar-refractivity contribution is 0.457. The lowest BCUT2D eigenvalue weighted by Gasteiger charge is -2.18. The van der Waals surface area contributed by atoms with Gasteiger partial charge in [0.1, 0.15) is 0 Å². The minimum atomic E-state index is -3.10. The number of likely N-dealkylation sites (N-methyl/N-ethyl adjacent to an activating group) is 1. The predicted octanol–water partition coefficient (Wildman–Crippen LogP) is 1.21. The maximum atomic E-state index is 11.8. The van der Waals surface area contributed by atoms with Gasteiger partial charge in [-0.2, -0.15) is 4.31 Å². The van der Waals surface area contributed by atoms with Crippen molar-refractivity contribution < 1.29 is 8.42 Å². The van der Waals surface area contributed by atoms with E-state index in [2.05, 4.69) is 18.8 Å². The third-order valence-corrected chi connectivity index (χ3v) is 4.26. The molecule has 0 aliphatic rings. The standard InChI is InChI=1S/C11H24N2O2S/c1-4-8-12-9-7-11-16(14,15)13(6-3)10-5-2/h5,12H,2,4,6-11H2,1,3H3. The quantitative estimate of drug-likeness (QED) is 0.467. The molecule has 0 atom stereocenters. The second-order valence-electron chi connectivity index (χ2n) is 3.66. The van der Waals surface area contributed by atoms with Gasteiger partial charge in [0.15, 0.2) is 0 Å². The van der Waals surface area contributed by atoms with E-state index in [0.717, 1.165) is 19.5 Å². The Bertz CT molecular complexity index is 276. The Kier molecular flexibility index (Phi) is 8.51. The average molecular weight is 248 g/mol. The molecule has 0 aromatic rings. The van der Waals surface area contributed by atoms with E-state index in [-0.39, 0.29) is 5.75 Å². The highest BCUT2D eigenvalue weighted by Gasteiger charge is 2.17. The topological polar surface area (TPSA) is 49.4 Å². The molecule has 0 aliphatic heterocycles. The molecule has 0 unspecified atom stereocenters. The summed E-state index contributed by atoms with van der Waals surface area (Å²) >= 11 is 0. The van der Waals surface area contributed by atoms with Gasteiger partial charge in [-0.25, -0.2) is 8.42 Å². The largest absolute Gasteiger partial charge is 0.317 e. The SMILES string of the molecule is C=CCN(CC)S(=O)(=O)CCCNCCC. The number of sulfonamides is 1. The lowest BCUT2D eigenvalue weighted by atomic mass is 10.4.